The van der Waals surface area contributed by atoms with Gasteiger partial charge in [0, 0.05) is 0 Å². The summed E-state index contributed by atoms with van der Waals surface area (Å²) in [6.45, 7) is 4.85. The maximum Gasteiger partial charge on any atom is 0.315 e. The Morgan fingerprint density at radius 1 is 1.20 bits per heavy atom. The zero-order valence-corrected chi connectivity index (χ0v) is 12.3. The van der Waals surface area contributed by atoms with Gasteiger partial charge in [-0.1, -0.05) is 42.7 Å². The Morgan fingerprint density at radius 2 is 1.95 bits per heavy atom. The molecule has 0 aliphatic heterocycles. The minimum atomic E-state index is 0.133. The van der Waals surface area contributed by atoms with Crippen LogP contribution in [0.1, 0.15) is 43.3 Å². The summed E-state index contributed by atoms with van der Waals surface area (Å²) in [4.78, 5) is 0. The van der Waals surface area contributed by atoms with Crippen LogP contribution < -0.4 is 10.6 Å². The van der Waals surface area contributed by atoms with Gasteiger partial charge in [0.1, 0.15) is 0 Å². The lowest BCUT2D eigenvalue weighted by atomic mass is 10.0. The molecule has 1 aromatic heterocycles. The standard InChI is InChI=1S/C15H22N4O/c1-4-5-12-6-8-13(9-7-12)11(2)17-15-19-18-14(20-15)10-16-3/h6-9,11,16H,4-5,10H2,1-3H3,(H,17,19). The van der Waals surface area contributed by atoms with E-state index in [1.54, 1.807) is 0 Å². The number of hydrogen-bond donors (Lipinski definition) is 2. The minimum Gasteiger partial charge on any atom is -0.407 e. The first kappa shape index (κ1) is 14.5. The molecule has 20 heavy (non-hydrogen) atoms. The molecule has 2 N–H and O–H groups in total. The normalized spacial score (nSPS) is 12.3. The van der Waals surface area contributed by atoms with E-state index in [9.17, 15) is 0 Å². The molecule has 0 saturated carbocycles. The Morgan fingerprint density at radius 3 is 2.60 bits per heavy atom. The predicted molar refractivity (Wildman–Crippen MR) is 79.5 cm³/mol. The number of anilines is 1. The third-order valence-corrected chi connectivity index (χ3v) is 3.15. The molecule has 0 radical (unpaired) electrons. The second-order valence-corrected chi connectivity index (χ2v) is 4.89. The van der Waals surface area contributed by atoms with Gasteiger partial charge in [-0.15, -0.1) is 5.10 Å². The summed E-state index contributed by atoms with van der Waals surface area (Å²) >= 11 is 0. The van der Waals surface area contributed by atoms with Crippen molar-refractivity contribution in [1.29, 1.82) is 0 Å². The van der Waals surface area contributed by atoms with Crippen LogP contribution in [0.2, 0.25) is 0 Å². The quantitative estimate of drug-likeness (QED) is 0.813. The maximum atomic E-state index is 5.48. The monoisotopic (exact) mass is 274 g/mol. The van der Waals surface area contributed by atoms with Gasteiger partial charge >= 0.3 is 6.01 Å². The zero-order chi connectivity index (χ0) is 14.4. The van der Waals surface area contributed by atoms with Gasteiger partial charge in [-0.25, -0.2) is 0 Å². The number of rotatable bonds is 7. The molecule has 0 amide bonds. The topological polar surface area (TPSA) is 63.0 Å². The molecule has 1 atom stereocenters. The highest BCUT2D eigenvalue weighted by Gasteiger charge is 2.10. The molecule has 1 unspecified atom stereocenters. The number of benzene rings is 1. The summed E-state index contributed by atoms with van der Waals surface area (Å²) < 4.78 is 5.48. The van der Waals surface area contributed by atoms with E-state index in [1.807, 2.05) is 7.05 Å². The van der Waals surface area contributed by atoms with Crippen molar-refractivity contribution in [3.63, 3.8) is 0 Å². The highest BCUT2D eigenvalue weighted by atomic mass is 16.4. The molecule has 0 saturated heterocycles. The molecule has 2 rings (SSSR count). The van der Waals surface area contributed by atoms with Crippen molar-refractivity contribution in [2.75, 3.05) is 12.4 Å². The zero-order valence-electron chi connectivity index (χ0n) is 12.3. The van der Waals surface area contributed by atoms with Crippen molar-refractivity contribution in [2.45, 2.75) is 39.3 Å². The second kappa shape index (κ2) is 7.05. The van der Waals surface area contributed by atoms with Crippen molar-refractivity contribution in [3.8, 4) is 0 Å². The molecule has 5 heteroatoms. The van der Waals surface area contributed by atoms with Crippen LogP contribution >= 0.6 is 0 Å². The van der Waals surface area contributed by atoms with E-state index >= 15 is 0 Å². The number of nitrogens with one attached hydrogen (secondary N) is 2. The Bertz CT molecular complexity index is 521. The molecule has 0 spiro atoms. The van der Waals surface area contributed by atoms with Gasteiger partial charge in [0.15, 0.2) is 0 Å². The first-order valence-corrected chi connectivity index (χ1v) is 7.05. The van der Waals surface area contributed by atoms with Gasteiger partial charge in [-0.3, -0.25) is 0 Å². The first-order chi connectivity index (χ1) is 9.72. The van der Waals surface area contributed by atoms with Crippen LogP contribution in [-0.2, 0) is 13.0 Å². The van der Waals surface area contributed by atoms with E-state index in [0.29, 0.717) is 18.5 Å². The largest absolute Gasteiger partial charge is 0.407 e. The van der Waals surface area contributed by atoms with Crippen molar-refractivity contribution in [1.82, 2.24) is 15.5 Å². The van der Waals surface area contributed by atoms with Crippen molar-refractivity contribution < 1.29 is 4.42 Å². The summed E-state index contributed by atoms with van der Waals surface area (Å²) in [6, 6.07) is 9.24. The van der Waals surface area contributed by atoms with Gasteiger partial charge in [-0.2, -0.15) is 0 Å². The molecule has 0 fully saturated rings. The third kappa shape index (κ3) is 3.81. The molecule has 1 aromatic carbocycles. The van der Waals surface area contributed by atoms with Crippen LogP contribution in [0.25, 0.3) is 0 Å². The molecule has 0 aliphatic carbocycles. The lowest BCUT2D eigenvalue weighted by Gasteiger charge is -2.12. The van der Waals surface area contributed by atoms with E-state index in [2.05, 4.69) is 58.9 Å². The lowest BCUT2D eigenvalue weighted by Crippen LogP contribution is -2.07. The minimum absolute atomic E-state index is 0.133. The Kier molecular flexibility index (Phi) is 5.12. The van der Waals surface area contributed by atoms with E-state index in [1.165, 1.54) is 17.5 Å². The molecular formula is C15H22N4O. The van der Waals surface area contributed by atoms with Crippen molar-refractivity contribution in [3.05, 3.63) is 41.3 Å². The average Bonchev–Trinajstić information content (AvgIpc) is 2.88. The van der Waals surface area contributed by atoms with E-state index in [0.717, 1.165) is 6.42 Å². The molecule has 2 aromatic rings. The second-order valence-electron chi connectivity index (χ2n) is 4.89. The Balaban J connectivity index is 1.97. The Labute approximate surface area is 119 Å². The van der Waals surface area contributed by atoms with Crippen LogP contribution in [0.15, 0.2) is 28.7 Å². The van der Waals surface area contributed by atoms with E-state index in [-0.39, 0.29) is 6.04 Å². The van der Waals surface area contributed by atoms with Gasteiger partial charge in [0.2, 0.25) is 5.89 Å². The average molecular weight is 274 g/mol. The number of hydrogen-bond acceptors (Lipinski definition) is 5. The van der Waals surface area contributed by atoms with Crippen LogP contribution in [0, 0.1) is 0 Å². The fourth-order valence-corrected chi connectivity index (χ4v) is 2.06. The summed E-state index contributed by atoms with van der Waals surface area (Å²) in [6.07, 6.45) is 2.29. The van der Waals surface area contributed by atoms with Crippen LogP contribution in [0.5, 0.6) is 0 Å². The number of aromatic nitrogens is 2. The summed E-state index contributed by atoms with van der Waals surface area (Å²) in [5.74, 6) is 0.584. The van der Waals surface area contributed by atoms with Crippen LogP contribution in [0.3, 0.4) is 0 Å². The van der Waals surface area contributed by atoms with E-state index < -0.39 is 0 Å². The molecule has 1 heterocycles. The fraction of sp³-hybridized carbons (Fsp3) is 0.467. The highest BCUT2D eigenvalue weighted by molar-refractivity contribution is 5.30. The highest BCUT2D eigenvalue weighted by Crippen LogP contribution is 2.19. The predicted octanol–water partition coefficient (Wildman–Crippen LogP) is 2.91. The van der Waals surface area contributed by atoms with Gasteiger partial charge < -0.3 is 15.1 Å². The fourth-order valence-electron chi connectivity index (χ4n) is 2.06. The number of nitrogens with zero attached hydrogens (tertiary/aromatic N) is 2. The number of aryl methyl sites for hydroxylation is 1. The molecule has 5 nitrogen and oxygen atoms in total. The first-order valence-electron chi connectivity index (χ1n) is 7.05. The Hall–Kier alpha value is -1.88. The molecular weight excluding hydrogens is 252 g/mol. The van der Waals surface area contributed by atoms with Crippen LogP contribution in [-0.4, -0.2) is 17.2 Å². The summed E-state index contributed by atoms with van der Waals surface area (Å²) in [5.41, 5.74) is 2.58. The maximum absolute atomic E-state index is 5.48. The summed E-state index contributed by atoms with van der Waals surface area (Å²) in [7, 11) is 1.85. The van der Waals surface area contributed by atoms with Crippen molar-refractivity contribution in [2.24, 2.45) is 0 Å². The molecule has 0 bridgehead atoms. The SMILES string of the molecule is CCCc1ccc(C(C)Nc2nnc(CNC)o2)cc1. The van der Waals surface area contributed by atoms with Crippen LogP contribution in [0.4, 0.5) is 6.01 Å². The summed E-state index contributed by atoms with van der Waals surface area (Å²) in [5, 5.41) is 14.1. The van der Waals surface area contributed by atoms with Crippen molar-refractivity contribution >= 4 is 6.01 Å². The molecule has 0 aliphatic rings. The smallest absolute Gasteiger partial charge is 0.315 e. The van der Waals surface area contributed by atoms with Gasteiger partial charge in [0.05, 0.1) is 12.6 Å². The van der Waals surface area contributed by atoms with E-state index in [4.69, 9.17) is 4.42 Å². The lowest BCUT2D eigenvalue weighted by molar-refractivity contribution is 0.486. The third-order valence-electron chi connectivity index (χ3n) is 3.15. The van der Waals surface area contributed by atoms with Gasteiger partial charge in [0.25, 0.3) is 0 Å². The van der Waals surface area contributed by atoms with Gasteiger partial charge in [-0.05, 0) is 31.5 Å². The molecule has 108 valence electrons.